The zero-order valence-electron chi connectivity index (χ0n) is 11.9. The van der Waals surface area contributed by atoms with Crippen LogP contribution in [0.4, 0.5) is 8.78 Å². The van der Waals surface area contributed by atoms with Gasteiger partial charge >= 0.3 is 0 Å². The van der Waals surface area contributed by atoms with Crippen LogP contribution in [0.1, 0.15) is 15.9 Å². The van der Waals surface area contributed by atoms with Crippen LogP contribution >= 0.6 is 15.9 Å². The van der Waals surface area contributed by atoms with Gasteiger partial charge in [-0.25, -0.2) is 8.78 Å². The first-order valence-corrected chi connectivity index (χ1v) is 7.49. The smallest absolute Gasteiger partial charge is 0.251 e. The Morgan fingerprint density at radius 1 is 1.00 bits per heavy atom. The number of halogens is 3. The molecule has 0 unspecified atom stereocenters. The summed E-state index contributed by atoms with van der Waals surface area (Å²) in [7, 11) is 0. The van der Waals surface area contributed by atoms with Gasteiger partial charge in [0.2, 0.25) is 5.91 Å². The molecule has 2 aromatic rings. The minimum absolute atomic E-state index is 0.0104. The fourth-order valence-corrected chi connectivity index (χ4v) is 2.21. The van der Waals surface area contributed by atoms with Crippen LogP contribution in [-0.2, 0) is 11.3 Å². The molecule has 2 N–H and O–H groups in total. The summed E-state index contributed by atoms with van der Waals surface area (Å²) >= 11 is 3.22. The molecule has 7 heteroatoms. The monoisotopic (exact) mass is 382 g/mol. The fourth-order valence-electron chi connectivity index (χ4n) is 1.80. The van der Waals surface area contributed by atoms with Crippen molar-refractivity contribution < 1.29 is 18.4 Å². The van der Waals surface area contributed by atoms with Gasteiger partial charge in [0.05, 0.1) is 6.54 Å². The Balaban J connectivity index is 1.82. The number of amides is 2. The normalized spacial score (nSPS) is 10.2. The Hall–Kier alpha value is -2.28. The lowest BCUT2D eigenvalue weighted by Crippen LogP contribution is -2.36. The molecule has 0 fully saturated rings. The molecule has 0 saturated carbocycles. The van der Waals surface area contributed by atoms with Crippen molar-refractivity contribution in [1.82, 2.24) is 10.6 Å². The maximum Gasteiger partial charge on any atom is 0.251 e. The van der Waals surface area contributed by atoms with Crippen molar-refractivity contribution in [3.8, 4) is 0 Å². The maximum absolute atomic E-state index is 13.5. The van der Waals surface area contributed by atoms with Crippen molar-refractivity contribution in [2.24, 2.45) is 0 Å². The van der Waals surface area contributed by atoms with E-state index < -0.39 is 23.4 Å². The van der Waals surface area contributed by atoms with Crippen LogP contribution < -0.4 is 10.6 Å². The first-order chi connectivity index (χ1) is 11.0. The quantitative estimate of drug-likeness (QED) is 0.835. The van der Waals surface area contributed by atoms with E-state index in [4.69, 9.17) is 0 Å². The molecule has 0 spiro atoms. The minimum Gasteiger partial charge on any atom is -0.350 e. The van der Waals surface area contributed by atoms with E-state index in [1.807, 2.05) is 0 Å². The second-order valence-electron chi connectivity index (χ2n) is 4.70. The van der Waals surface area contributed by atoms with Gasteiger partial charge in [0.15, 0.2) is 0 Å². The van der Waals surface area contributed by atoms with Crippen LogP contribution in [-0.4, -0.2) is 18.4 Å². The van der Waals surface area contributed by atoms with Crippen LogP contribution in [0.5, 0.6) is 0 Å². The van der Waals surface area contributed by atoms with Crippen molar-refractivity contribution in [3.05, 3.63) is 69.7 Å². The Kier molecular flexibility index (Phi) is 5.81. The van der Waals surface area contributed by atoms with Crippen molar-refractivity contribution in [3.63, 3.8) is 0 Å². The Morgan fingerprint density at radius 2 is 1.70 bits per heavy atom. The SMILES string of the molecule is O=C(CNC(=O)c1ccc(F)cc1)NCc1cc(Br)ccc1F. The maximum atomic E-state index is 13.5. The molecular weight excluding hydrogens is 370 g/mol. The predicted molar refractivity (Wildman–Crippen MR) is 84.7 cm³/mol. The number of hydrogen-bond donors (Lipinski definition) is 2. The fraction of sp³-hybridized carbons (Fsp3) is 0.125. The molecule has 0 aliphatic carbocycles. The standard InChI is InChI=1S/C16H13BrF2N2O2/c17-12-3-6-14(19)11(7-12)8-20-15(22)9-21-16(23)10-1-4-13(18)5-2-10/h1-7H,8-9H2,(H,20,22)(H,21,23). The molecule has 0 saturated heterocycles. The van der Waals surface area contributed by atoms with E-state index in [1.165, 1.54) is 18.2 Å². The zero-order chi connectivity index (χ0) is 16.8. The summed E-state index contributed by atoms with van der Waals surface area (Å²) in [4.78, 5) is 23.4. The highest BCUT2D eigenvalue weighted by Gasteiger charge is 2.09. The van der Waals surface area contributed by atoms with Gasteiger partial charge in [0, 0.05) is 22.1 Å². The molecule has 120 valence electrons. The van der Waals surface area contributed by atoms with E-state index in [1.54, 1.807) is 12.1 Å². The number of carbonyl (C=O) groups excluding carboxylic acids is 2. The molecule has 2 amide bonds. The van der Waals surface area contributed by atoms with Gasteiger partial charge in [0.25, 0.3) is 5.91 Å². The van der Waals surface area contributed by atoms with E-state index in [2.05, 4.69) is 26.6 Å². The Morgan fingerprint density at radius 3 is 2.39 bits per heavy atom. The third-order valence-electron chi connectivity index (χ3n) is 3.00. The predicted octanol–water partition coefficient (Wildman–Crippen LogP) is 2.77. The largest absolute Gasteiger partial charge is 0.350 e. The van der Waals surface area contributed by atoms with Crippen LogP contribution in [0.15, 0.2) is 46.9 Å². The van der Waals surface area contributed by atoms with E-state index in [9.17, 15) is 18.4 Å². The minimum atomic E-state index is -0.492. The summed E-state index contributed by atoms with van der Waals surface area (Å²) in [6.45, 7) is -0.248. The van der Waals surface area contributed by atoms with Gasteiger partial charge < -0.3 is 10.6 Å². The average molecular weight is 383 g/mol. The van der Waals surface area contributed by atoms with Crippen molar-refractivity contribution in [1.29, 1.82) is 0 Å². The highest BCUT2D eigenvalue weighted by atomic mass is 79.9. The number of hydrogen-bond acceptors (Lipinski definition) is 2. The van der Waals surface area contributed by atoms with Gasteiger partial charge in [0.1, 0.15) is 11.6 Å². The van der Waals surface area contributed by atoms with Crippen molar-refractivity contribution in [2.75, 3.05) is 6.54 Å². The summed E-state index contributed by atoms with van der Waals surface area (Å²) in [6.07, 6.45) is 0. The molecule has 0 atom stereocenters. The summed E-state index contributed by atoms with van der Waals surface area (Å²) in [5, 5.41) is 4.91. The highest BCUT2D eigenvalue weighted by Crippen LogP contribution is 2.15. The third-order valence-corrected chi connectivity index (χ3v) is 3.49. The van der Waals surface area contributed by atoms with Crippen LogP contribution in [0.3, 0.4) is 0 Å². The van der Waals surface area contributed by atoms with Crippen LogP contribution in [0, 0.1) is 11.6 Å². The molecule has 0 aliphatic heterocycles. The van der Waals surface area contributed by atoms with E-state index in [0.717, 1.165) is 12.1 Å². The molecular formula is C16H13BrF2N2O2. The number of benzene rings is 2. The summed E-state index contributed by atoms with van der Waals surface area (Å²) < 4.78 is 27.0. The Labute approximate surface area is 140 Å². The van der Waals surface area contributed by atoms with Crippen molar-refractivity contribution >= 4 is 27.7 Å². The van der Waals surface area contributed by atoms with E-state index in [-0.39, 0.29) is 18.7 Å². The van der Waals surface area contributed by atoms with Gasteiger partial charge in [-0.1, -0.05) is 15.9 Å². The highest BCUT2D eigenvalue weighted by molar-refractivity contribution is 9.10. The van der Waals surface area contributed by atoms with Gasteiger partial charge in [-0.15, -0.1) is 0 Å². The second kappa shape index (κ2) is 7.82. The zero-order valence-corrected chi connectivity index (χ0v) is 13.5. The lowest BCUT2D eigenvalue weighted by Gasteiger charge is -2.08. The molecule has 23 heavy (non-hydrogen) atoms. The molecule has 0 aliphatic rings. The molecule has 0 bridgehead atoms. The summed E-state index contributed by atoms with van der Waals surface area (Å²) in [5.74, 6) is -1.83. The molecule has 0 radical (unpaired) electrons. The Bertz CT molecular complexity index is 721. The van der Waals surface area contributed by atoms with Crippen LogP contribution in [0.2, 0.25) is 0 Å². The van der Waals surface area contributed by atoms with E-state index >= 15 is 0 Å². The van der Waals surface area contributed by atoms with Gasteiger partial charge in [-0.3, -0.25) is 9.59 Å². The molecule has 2 aromatic carbocycles. The molecule has 0 aromatic heterocycles. The lowest BCUT2D eigenvalue weighted by molar-refractivity contribution is -0.120. The summed E-state index contributed by atoms with van der Waals surface area (Å²) in [6, 6.07) is 9.37. The molecule has 2 rings (SSSR count). The number of nitrogens with one attached hydrogen (secondary N) is 2. The lowest BCUT2D eigenvalue weighted by atomic mass is 10.2. The van der Waals surface area contributed by atoms with E-state index in [0.29, 0.717) is 10.0 Å². The van der Waals surface area contributed by atoms with Gasteiger partial charge in [-0.2, -0.15) is 0 Å². The third kappa shape index (κ3) is 5.14. The second-order valence-corrected chi connectivity index (χ2v) is 5.62. The first-order valence-electron chi connectivity index (χ1n) is 6.70. The molecule has 0 heterocycles. The number of carbonyl (C=O) groups is 2. The topological polar surface area (TPSA) is 58.2 Å². The summed E-state index contributed by atoms with van der Waals surface area (Å²) in [5.41, 5.74) is 0.579. The van der Waals surface area contributed by atoms with Crippen LogP contribution in [0.25, 0.3) is 0 Å². The molecule has 4 nitrogen and oxygen atoms in total. The average Bonchev–Trinajstić information content (AvgIpc) is 2.54. The number of rotatable bonds is 5. The van der Waals surface area contributed by atoms with Gasteiger partial charge in [-0.05, 0) is 42.5 Å². The van der Waals surface area contributed by atoms with Crippen molar-refractivity contribution in [2.45, 2.75) is 6.54 Å². The first kappa shape index (κ1) is 17.1.